The monoisotopic (exact) mass is 542 g/mol. The predicted molar refractivity (Wildman–Crippen MR) is 154 cm³/mol. The van der Waals surface area contributed by atoms with E-state index < -0.39 is 0 Å². The first kappa shape index (κ1) is 26.5. The number of rotatable bonds is 8. The van der Waals surface area contributed by atoms with Gasteiger partial charge in [0.25, 0.3) is 5.91 Å². The van der Waals surface area contributed by atoms with E-state index >= 15 is 0 Å². The highest BCUT2D eigenvalue weighted by atomic mass is 16.5. The van der Waals surface area contributed by atoms with Gasteiger partial charge in [0.15, 0.2) is 5.82 Å². The van der Waals surface area contributed by atoms with Gasteiger partial charge < -0.3 is 25.0 Å². The van der Waals surface area contributed by atoms with Crippen molar-refractivity contribution in [2.45, 2.75) is 76.5 Å². The third-order valence-electron chi connectivity index (χ3n) is 8.17. The minimum atomic E-state index is -0.0739. The summed E-state index contributed by atoms with van der Waals surface area (Å²) in [4.78, 5) is 29.4. The molecule has 9 nitrogen and oxygen atoms in total. The minimum Gasteiger partial charge on any atom is -0.490 e. The predicted octanol–water partition coefficient (Wildman–Crippen LogP) is 5.15. The Morgan fingerprint density at radius 2 is 1.80 bits per heavy atom. The van der Waals surface area contributed by atoms with Crippen molar-refractivity contribution < 1.29 is 14.3 Å². The molecule has 0 radical (unpaired) electrons. The van der Waals surface area contributed by atoms with E-state index in [0.717, 1.165) is 79.9 Å². The summed E-state index contributed by atoms with van der Waals surface area (Å²) >= 11 is 0. The molecule has 2 N–H and O–H groups in total. The Balaban J connectivity index is 1.09. The average molecular weight is 543 g/mol. The van der Waals surface area contributed by atoms with Crippen molar-refractivity contribution in [3.05, 3.63) is 65.7 Å². The normalized spacial score (nSPS) is 21.6. The molecule has 3 aliphatic rings. The smallest absolute Gasteiger partial charge is 0.253 e. The molecule has 1 aliphatic carbocycles. The number of carbonyl (C=O) groups excluding carboxylic acids is 1. The summed E-state index contributed by atoms with van der Waals surface area (Å²) in [5.74, 6) is 2.88. The summed E-state index contributed by atoms with van der Waals surface area (Å²) in [6.45, 7) is 6.47. The topological polar surface area (TPSA) is 102 Å². The molecule has 0 spiro atoms. The molecule has 3 fully saturated rings. The van der Waals surface area contributed by atoms with Gasteiger partial charge in [-0.3, -0.25) is 14.8 Å². The molecule has 40 heavy (non-hydrogen) atoms. The van der Waals surface area contributed by atoms with Crippen LogP contribution < -0.4 is 20.3 Å². The molecular formula is C31H38N6O3. The largest absolute Gasteiger partial charge is 0.490 e. The van der Waals surface area contributed by atoms with Crippen molar-refractivity contribution in [3.8, 4) is 5.75 Å². The number of ether oxygens (including phenoxy) is 2. The van der Waals surface area contributed by atoms with Crippen molar-refractivity contribution in [2.75, 3.05) is 30.0 Å². The van der Waals surface area contributed by atoms with E-state index in [1.807, 2.05) is 49.5 Å². The highest BCUT2D eigenvalue weighted by Gasteiger charge is 2.31. The van der Waals surface area contributed by atoms with Crippen LogP contribution >= 0.6 is 0 Å². The summed E-state index contributed by atoms with van der Waals surface area (Å²) in [5.41, 5.74) is 3.45. The lowest BCUT2D eigenvalue weighted by atomic mass is 9.97. The molecule has 9 heteroatoms. The molecule has 4 heterocycles. The van der Waals surface area contributed by atoms with Crippen molar-refractivity contribution in [2.24, 2.45) is 0 Å². The molecule has 1 amide bonds. The van der Waals surface area contributed by atoms with Crippen molar-refractivity contribution >= 4 is 23.2 Å². The summed E-state index contributed by atoms with van der Waals surface area (Å²) in [6.07, 6.45) is 9.87. The highest BCUT2D eigenvalue weighted by Crippen LogP contribution is 2.38. The maximum atomic E-state index is 13.0. The number of nitrogens with zero attached hydrogens (tertiary/aromatic N) is 4. The van der Waals surface area contributed by atoms with Crippen molar-refractivity contribution in [1.82, 2.24) is 20.3 Å². The Kier molecular flexibility index (Phi) is 7.82. The van der Waals surface area contributed by atoms with Crippen molar-refractivity contribution in [3.63, 3.8) is 0 Å². The molecule has 2 aromatic heterocycles. The number of aryl methyl sites for hydroxylation is 1. The van der Waals surface area contributed by atoms with E-state index in [-0.39, 0.29) is 24.1 Å². The van der Waals surface area contributed by atoms with Crippen LogP contribution in [0.2, 0.25) is 0 Å². The number of aromatic nitrogens is 3. The van der Waals surface area contributed by atoms with Gasteiger partial charge in [0.1, 0.15) is 17.7 Å². The lowest BCUT2D eigenvalue weighted by Crippen LogP contribution is -2.54. The third kappa shape index (κ3) is 6.20. The van der Waals surface area contributed by atoms with Crippen LogP contribution in [0.3, 0.4) is 0 Å². The van der Waals surface area contributed by atoms with Crippen LogP contribution in [0.1, 0.15) is 73.1 Å². The Morgan fingerprint density at radius 1 is 1.00 bits per heavy atom. The second-order valence-corrected chi connectivity index (χ2v) is 11.1. The Bertz CT molecular complexity index is 1310. The van der Waals surface area contributed by atoms with E-state index in [1.54, 1.807) is 6.20 Å². The number of hydrogen-bond donors (Lipinski definition) is 2. The van der Waals surface area contributed by atoms with Crippen LogP contribution in [-0.2, 0) is 4.74 Å². The van der Waals surface area contributed by atoms with Gasteiger partial charge in [-0.05, 0) is 75.9 Å². The number of anilines is 3. The van der Waals surface area contributed by atoms with E-state index in [4.69, 9.17) is 14.5 Å². The number of pyridine rings is 1. The van der Waals surface area contributed by atoms with E-state index in [1.165, 1.54) is 12.8 Å². The molecule has 3 aromatic rings. The molecule has 2 atom stereocenters. The Labute approximate surface area is 235 Å². The van der Waals surface area contributed by atoms with Crippen LogP contribution in [-0.4, -0.2) is 58.8 Å². The van der Waals surface area contributed by atoms with Gasteiger partial charge in [0, 0.05) is 55.0 Å². The van der Waals surface area contributed by atoms with Gasteiger partial charge in [-0.25, -0.2) is 4.98 Å². The Morgan fingerprint density at radius 3 is 2.52 bits per heavy atom. The second kappa shape index (κ2) is 11.8. The fourth-order valence-corrected chi connectivity index (χ4v) is 5.51. The number of amides is 1. The Hall–Kier alpha value is -3.72. The van der Waals surface area contributed by atoms with E-state index in [2.05, 4.69) is 32.4 Å². The molecule has 0 unspecified atom stereocenters. The van der Waals surface area contributed by atoms with Crippen LogP contribution in [0.25, 0.3) is 0 Å². The van der Waals surface area contributed by atoms with E-state index in [0.29, 0.717) is 11.5 Å². The molecule has 1 aromatic carbocycles. The maximum Gasteiger partial charge on any atom is 0.253 e. The molecule has 210 valence electrons. The van der Waals surface area contributed by atoms with Crippen molar-refractivity contribution in [1.29, 1.82) is 0 Å². The molecule has 0 bridgehead atoms. The fourth-order valence-electron chi connectivity index (χ4n) is 5.51. The van der Waals surface area contributed by atoms with Crippen LogP contribution in [0.15, 0.2) is 48.8 Å². The first-order valence-electron chi connectivity index (χ1n) is 14.5. The number of benzene rings is 1. The maximum absolute atomic E-state index is 13.0. The van der Waals surface area contributed by atoms with Gasteiger partial charge >= 0.3 is 0 Å². The molecular weight excluding hydrogens is 504 g/mol. The zero-order valence-electron chi connectivity index (χ0n) is 23.3. The van der Waals surface area contributed by atoms with Crippen LogP contribution in [0, 0.1) is 6.92 Å². The minimum absolute atomic E-state index is 0.00661. The summed E-state index contributed by atoms with van der Waals surface area (Å²) in [5, 5.41) is 6.67. The van der Waals surface area contributed by atoms with Crippen LogP contribution in [0.5, 0.6) is 5.75 Å². The van der Waals surface area contributed by atoms with E-state index in [9.17, 15) is 4.79 Å². The van der Waals surface area contributed by atoms with Gasteiger partial charge in [0.05, 0.1) is 30.7 Å². The van der Waals surface area contributed by atoms with Gasteiger partial charge in [0.2, 0.25) is 0 Å². The molecule has 2 aliphatic heterocycles. The number of carbonyl (C=O) groups is 1. The lowest BCUT2D eigenvalue weighted by molar-refractivity contribution is 0.0256. The van der Waals surface area contributed by atoms with Gasteiger partial charge in [-0.1, -0.05) is 0 Å². The number of piperidine rings is 1. The molecule has 2 saturated heterocycles. The summed E-state index contributed by atoms with van der Waals surface area (Å²) in [6, 6.07) is 11.9. The second-order valence-electron chi connectivity index (χ2n) is 11.1. The third-order valence-corrected chi connectivity index (χ3v) is 8.17. The zero-order chi connectivity index (χ0) is 27.5. The number of nitrogens with one attached hydrogen (secondary N) is 2. The van der Waals surface area contributed by atoms with Gasteiger partial charge in [-0.15, -0.1) is 0 Å². The first-order valence-corrected chi connectivity index (χ1v) is 14.5. The zero-order valence-corrected chi connectivity index (χ0v) is 23.3. The molecule has 6 rings (SSSR count). The van der Waals surface area contributed by atoms with Crippen LogP contribution in [0.4, 0.5) is 17.3 Å². The first-order chi connectivity index (χ1) is 19.5. The fraction of sp³-hybridized carbons (Fsp3) is 0.484. The quantitative estimate of drug-likeness (QED) is 0.403. The average Bonchev–Trinajstić information content (AvgIpc) is 3.83. The highest BCUT2D eigenvalue weighted by molar-refractivity contribution is 5.94. The summed E-state index contributed by atoms with van der Waals surface area (Å²) < 4.78 is 11.5. The number of hydrogen-bond acceptors (Lipinski definition) is 8. The lowest BCUT2D eigenvalue weighted by Gasteiger charge is -2.40. The standard InChI is InChI=1S/C31H38N6O3/c1-20-30(34-24-8-10-25(11-9-24)40-26-13-16-39-17-14-26)36-29(19-32-20)37-15-3-4-27(21(37)2)35-31(38)23-7-12-28(33-18-23)22-5-6-22/h7-12,18-19,21-22,26-27H,3-6,13-17H2,1-2H3,(H,34,36)(H,35,38)/t21-,27-/m1/s1. The molecule has 1 saturated carbocycles. The van der Waals surface area contributed by atoms with Gasteiger partial charge in [-0.2, -0.15) is 0 Å². The summed E-state index contributed by atoms with van der Waals surface area (Å²) in [7, 11) is 0. The SMILES string of the molecule is Cc1ncc(N2CCC[C@@H](NC(=O)c3ccc(C4CC4)nc3)[C@H]2C)nc1Nc1ccc(OC2CCOCC2)cc1.